The van der Waals surface area contributed by atoms with E-state index in [1.165, 1.54) is 12.1 Å². The lowest BCUT2D eigenvalue weighted by atomic mass is 10.1. The molecular weight excluding hydrogens is 287 g/mol. The number of carboxylic acid groups (broad SMARTS) is 1. The zero-order valence-corrected chi connectivity index (χ0v) is 12.5. The zero-order chi connectivity index (χ0) is 15.9. The van der Waals surface area contributed by atoms with E-state index in [1.807, 2.05) is 11.0 Å². The predicted molar refractivity (Wildman–Crippen MR) is 79.7 cm³/mol. The Hall–Kier alpha value is -1.95. The van der Waals surface area contributed by atoms with Crippen molar-refractivity contribution < 1.29 is 19.1 Å². The minimum absolute atomic E-state index is 0.0359. The molecule has 1 aliphatic rings. The van der Waals surface area contributed by atoms with E-state index in [0.717, 1.165) is 25.1 Å². The second-order valence-corrected chi connectivity index (χ2v) is 5.57. The summed E-state index contributed by atoms with van der Waals surface area (Å²) < 4.78 is 13.2. The van der Waals surface area contributed by atoms with Crippen molar-refractivity contribution in [3.63, 3.8) is 0 Å². The number of carbonyl (C=O) groups excluding carboxylic acids is 1. The van der Waals surface area contributed by atoms with Crippen LogP contribution >= 0.6 is 0 Å². The van der Waals surface area contributed by atoms with Crippen LogP contribution in [0.4, 0.5) is 4.39 Å². The van der Waals surface area contributed by atoms with Crippen LogP contribution in [0.1, 0.15) is 24.8 Å². The highest BCUT2D eigenvalue weighted by Gasteiger charge is 2.23. The number of nitrogens with zero attached hydrogens (tertiary/aromatic N) is 2. The van der Waals surface area contributed by atoms with Gasteiger partial charge in [-0.3, -0.25) is 14.5 Å². The van der Waals surface area contributed by atoms with Crippen LogP contribution in [0.2, 0.25) is 0 Å². The summed E-state index contributed by atoms with van der Waals surface area (Å²) in [4.78, 5) is 26.4. The Morgan fingerprint density at radius 1 is 1.27 bits per heavy atom. The van der Waals surface area contributed by atoms with Crippen molar-refractivity contribution in [2.75, 3.05) is 26.2 Å². The zero-order valence-electron chi connectivity index (χ0n) is 12.5. The molecule has 1 aromatic rings. The summed E-state index contributed by atoms with van der Waals surface area (Å²) in [7, 11) is 0. The molecule has 0 spiro atoms. The van der Waals surface area contributed by atoms with E-state index in [2.05, 4.69) is 0 Å². The van der Waals surface area contributed by atoms with Gasteiger partial charge in [-0.05, 0) is 37.1 Å². The van der Waals surface area contributed by atoms with Crippen LogP contribution in [0.5, 0.6) is 0 Å². The third kappa shape index (κ3) is 5.11. The number of halogens is 1. The highest BCUT2D eigenvalue weighted by Crippen LogP contribution is 2.11. The second kappa shape index (κ2) is 7.89. The van der Waals surface area contributed by atoms with Gasteiger partial charge in [0.2, 0.25) is 5.91 Å². The van der Waals surface area contributed by atoms with Crippen LogP contribution in [-0.2, 0) is 16.1 Å². The monoisotopic (exact) mass is 308 g/mol. The van der Waals surface area contributed by atoms with Gasteiger partial charge in [-0.25, -0.2) is 4.39 Å². The molecule has 0 saturated carbocycles. The Labute approximate surface area is 129 Å². The molecule has 0 radical (unpaired) electrons. The lowest BCUT2D eigenvalue weighted by molar-refractivity contribution is -0.138. The van der Waals surface area contributed by atoms with E-state index in [9.17, 15) is 14.0 Å². The standard InChI is InChI=1S/C16H21FN2O3/c17-14-5-3-4-13(10-14)11-19-9-8-18(12-15(19)20)7-2-1-6-16(21)22/h3-5,10H,1-2,6-9,11-12H2,(H,21,22). The largest absolute Gasteiger partial charge is 0.481 e. The molecule has 1 aromatic carbocycles. The summed E-state index contributed by atoms with van der Waals surface area (Å²) >= 11 is 0. The molecule has 1 saturated heterocycles. The normalized spacial score (nSPS) is 16.0. The quantitative estimate of drug-likeness (QED) is 0.779. The highest BCUT2D eigenvalue weighted by molar-refractivity contribution is 5.79. The van der Waals surface area contributed by atoms with Crippen LogP contribution in [0.25, 0.3) is 0 Å². The first kappa shape index (κ1) is 16.4. The average Bonchev–Trinajstić information content (AvgIpc) is 2.46. The van der Waals surface area contributed by atoms with E-state index in [4.69, 9.17) is 5.11 Å². The highest BCUT2D eigenvalue weighted by atomic mass is 19.1. The molecule has 6 heteroatoms. The molecule has 22 heavy (non-hydrogen) atoms. The first-order chi connectivity index (χ1) is 10.5. The number of piperazine rings is 1. The predicted octanol–water partition coefficient (Wildman–Crippen LogP) is 1.72. The molecular formula is C16H21FN2O3. The maximum Gasteiger partial charge on any atom is 0.303 e. The summed E-state index contributed by atoms with van der Waals surface area (Å²) in [6.45, 7) is 2.92. The van der Waals surface area contributed by atoms with Gasteiger partial charge in [0.25, 0.3) is 0 Å². The Kier molecular flexibility index (Phi) is 5.89. The molecule has 0 unspecified atom stereocenters. The number of hydrogen-bond acceptors (Lipinski definition) is 3. The molecule has 1 N–H and O–H groups in total. The van der Waals surface area contributed by atoms with Crippen LogP contribution in [0, 0.1) is 5.82 Å². The topological polar surface area (TPSA) is 60.9 Å². The van der Waals surface area contributed by atoms with Gasteiger partial charge in [-0.2, -0.15) is 0 Å². The van der Waals surface area contributed by atoms with Crippen LogP contribution < -0.4 is 0 Å². The molecule has 0 atom stereocenters. The number of amides is 1. The van der Waals surface area contributed by atoms with Crippen molar-refractivity contribution in [1.29, 1.82) is 0 Å². The van der Waals surface area contributed by atoms with E-state index >= 15 is 0 Å². The maximum atomic E-state index is 13.2. The fourth-order valence-electron chi connectivity index (χ4n) is 2.58. The number of carboxylic acids is 1. The lowest BCUT2D eigenvalue weighted by Crippen LogP contribution is -2.50. The third-order valence-electron chi connectivity index (χ3n) is 3.78. The third-order valence-corrected chi connectivity index (χ3v) is 3.78. The van der Waals surface area contributed by atoms with Crippen LogP contribution in [0.3, 0.4) is 0 Å². The number of unbranched alkanes of at least 4 members (excludes halogenated alkanes) is 1. The van der Waals surface area contributed by atoms with Gasteiger partial charge in [-0.15, -0.1) is 0 Å². The van der Waals surface area contributed by atoms with Crippen molar-refractivity contribution in [3.05, 3.63) is 35.6 Å². The molecule has 1 heterocycles. The van der Waals surface area contributed by atoms with Crippen molar-refractivity contribution >= 4 is 11.9 Å². The van der Waals surface area contributed by atoms with Crippen molar-refractivity contribution in [1.82, 2.24) is 9.80 Å². The second-order valence-electron chi connectivity index (χ2n) is 5.57. The summed E-state index contributed by atoms with van der Waals surface area (Å²) in [6.07, 6.45) is 1.59. The van der Waals surface area contributed by atoms with Crippen LogP contribution in [-0.4, -0.2) is 53.0 Å². The number of aliphatic carboxylic acids is 1. The molecule has 5 nitrogen and oxygen atoms in total. The molecule has 0 aliphatic carbocycles. The Morgan fingerprint density at radius 3 is 2.77 bits per heavy atom. The van der Waals surface area contributed by atoms with Gasteiger partial charge in [0.05, 0.1) is 6.54 Å². The van der Waals surface area contributed by atoms with Gasteiger partial charge in [0.1, 0.15) is 5.82 Å². The van der Waals surface area contributed by atoms with Gasteiger partial charge in [0.15, 0.2) is 0 Å². The van der Waals surface area contributed by atoms with Gasteiger partial charge in [0, 0.05) is 26.1 Å². The fraction of sp³-hybridized carbons (Fsp3) is 0.500. The van der Waals surface area contributed by atoms with E-state index in [1.54, 1.807) is 11.0 Å². The van der Waals surface area contributed by atoms with Crippen molar-refractivity contribution in [2.45, 2.75) is 25.8 Å². The Bertz CT molecular complexity index is 536. The molecule has 0 bridgehead atoms. The minimum atomic E-state index is -0.781. The lowest BCUT2D eigenvalue weighted by Gasteiger charge is -2.34. The number of rotatable bonds is 7. The number of hydrogen-bond donors (Lipinski definition) is 1. The van der Waals surface area contributed by atoms with Gasteiger partial charge in [-0.1, -0.05) is 12.1 Å². The molecule has 0 aromatic heterocycles. The minimum Gasteiger partial charge on any atom is -0.481 e. The van der Waals surface area contributed by atoms with E-state index in [0.29, 0.717) is 26.1 Å². The van der Waals surface area contributed by atoms with Gasteiger partial charge >= 0.3 is 5.97 Å². The SMILES string of the molecule is O=C(O)CCCCN1CCN(Cc2cccc(F)c2)C(=O)C1. The molecule has 120 valence electrons. The summed E-state index contributed by atoms with van der Waals surface area (Å²) in [5.74, 6) is -1.04. The summed E-state index contributed by atoms with van der Waals surface area (Å²) in [5, 5.41) is 8.59. The number of carbonyl (C=O) groups is 2. The van der Waals surface area contributed by atoms with Crippen molar-refractivity contribution in [2.24, 2.45) is 0 Å². The molecule has 2 rings (SSSR count). The summed E-state index contributed by atoms with van der Waals surface area (Å²) in [5.41, 5.74) is 0.795. The average molecular weight is 308 g/mol. The molecule has 1 fully saturated rings. The number of benzene rings is 1. The maximum absolute atomic E-state index is 13.2. The Morgan fingerprint density at radius 2 is 2.09 bits per heavy atom. The van der Waals surface area contributed by atoms with Crippen LogP contribution in [0.15, 0.2) is 24.3 Å². The Balaban J connectivity index is 1.75. The van der Waals surface area contributed by atoms with E-state index < -0.39 is 5.97 Å². The van der Waals surface area contributed by atoms with Crippen molar-refractivity contribution in [3.8, 4) is 0 Å². The summed E-state index contributed by atoms with van der Waals surface area (Å²) in [6, 6.07) is 6.30. The first-order valence-corrected chi connectivity index (χ1v) is 7.51. The van der Waals surface area contributed by atoms with Gasteiger partial charge < -0.3 is 10.0 Å². The molecule has 1 amide bonds. The smallest absolute Gasteiger partial charge is 0.303 e. The first-order valence-electron chi connectivity index (χ1n) is 7.51. The molecule has 1 aliphatic heterocycles. The van der Waals surface area contributed by atoms with E-state index in [-0.39, 0.29) is 18.1 Å². The fourth-order valence-corrected chi connectivity index (χ4v) is 2.58.